The summed E-state index contributed by atoms with van der Waals surface area (Å²) in [5.41, 5.74) is 0. The van der Waals surface area contributed by atoms with Gasteiger partial charge in [-0.1, -0.05) is 6.07 Å². The molecule has 1 heterocycles. The number of carbonyl (C=O) groups is 3. The number of nitrogens with one attached hydrogen (secondary N) is 3. The fourth-order valence-electron chi connectivity index (χ4n) is 1.99. The van der Waals surface area contributed by atoms with Crippen LogP contribution in [0.2, 0.25) is 0 Å². The maximum Gasteiger partial charge on any atom is 0.261 e. The molecular formula is C18H21N3O5S. The van der Waals surface area contributed by atoms with E-state index < -0.39 is 5.91 Å². The minimum absolute atomic E-state index is 0.170. The van der Waals surface area contributed by atoms with Gasteiger partial charge in [-0.2, -0.15) is 0 Å². The molecule has 3 amide bonds. The molecule has 0 atom stereocenters. The second-order valence-electron chi connectivity index (χ2n) is 5.31. The molecule has 9 heteroatoms. The van der Waals surface area contributed by atoms with Crippen LogP contribution in [0.15, 0.2) is 41.8 Å². The summed E-state index contributed by atoms with van der Waals surface area (Å²) in [5, 5.41) is 9.33. The van der Waals surface area contributed by atoms with Crippen molar-refractivity contribution in [1.29, 1.82) is 0 Å². The van der Waals surface area contributed by atoms with Gasteiger partial charge in [-0.25, -0.2) is 0 Å². The predicted molar refractivity (Wildman–Crippen MR) is 101 cm³/mol. The zero-order valence-electron chi connectivity index (χ0n) is 14.8. The lowest BCUT2D eigenvalue weighted by atomic mass is 10.3. The summed E-state index contributed by atoms with van der Waals surface area (Å²) in [6, 6.07) is 10.5. The van der Waals surface area contributed by atoms with Crippen molar-refractivity contribution >= 4 is 29.1 Å². The summed E-state index contributed by atoms with van der Waals surface area (Å²) in [6.07, 6.45) is 0. The van der Waals surface area contributed by atoms with Crippen LogP contribution in [0.3, 0.4) is 0 Å². The van der Waals surface area contributed by atoms with Gasteiger partial charge < -0.3 is 25.4 Å². The smallest absolute Gasteiger partial charge is 0.261 e. The third kappa shape index (κ3) is 7.37. The van der Waals surface area contributed by atoms with E-state index in [1.54, 1.807) is 48.9 Å². The molecule has 0 saturated heterocycles. The van der Waals surface area contributed by atoms with E-state index in [9.17, 15) is 14.4 Å². The first-order chi connectivity index (χ1) is 13.1. The van der Waals surface area contributed by atoms with Crippen LogP contribution in [-0.2, 0) is 9.59 Å². The maximum atomic E-state index is 11.7. The van der Waals surface area contributed by atoms with Gasteiger partial charge in [0.05, 0.1) is 31.6 Å². The summed E-state index contributed by atoms with van der Waals surface area (Å²) in [5.74, 6) is 0.300. The second-order valence-corrected chi connectivity index (χ2v) is 6.26. The van der Waals surface area contributed by atoms with Crippen molar-refractivity contribution in [3.8, 4) is 11.5 Å². The summed E-state index contributed by atoms with van der Waals surface area (Å²) in [6.45, 7) is 0.236. The Balaban J connectivity index is 1.54. The molecule has 0 fully saturated rings. The maximum absolute atomic E-state index is 11.7. The van der Waals surface area contributed by atoms with Crippen molar-refractivity contribution in [2.75, 3.05) is 33.4 Å². The van der Waals surface area contributed by atoms with E-state index >= 15 is 0 Å². The van der Waals surface area contributed by atoms with Crippen molar-refractivity contribution in [2.24, 2.45) is 0 Å². The van der Waals surface area contributed by atoms with Crippen molar-refractivity contribution in [1.82, 2.24) is 16.0 Å². The van der Waals surface area contributed by atoms with Gasteiger partial charge in [-0.3, -0.25) is 14.4 Å². The minimum atomic E-state index is -0.440. The van der Waals surface area contributed by atoms with Crippen LogP contribution < -0.4 is 25.4 Å². The summed E-state index contributed by atoms with van der Waals surface area (Å²) < 4.78 is 10.5. The Hall–Kier alpha value is -3.07. The SMILES string of the molecule is COc1ccc(OCCNC(=O)CNC(=O)CNC(=O)c2cccs2)cc1. The highest BCUT2D eigenvalue weighted by Gasteiger charge is 2.09. The Bertz CT molecular complexity index is 747. The topological polar surface area (TPSA) is 106 Å². The zero-order chi connectivity index (χ0) is 19.5. The van der Waals surface area contributed by atoms with Crippen molar-refractivity contribution in [2.45, 2.75) is 0 Å². The molecule has 0 radical (unpaired) electrons. The first-order valence-electron chi connectivity index (χ1n) is 8.20. The van der Waals surface area contributed by atoms with Gasteiger partial charge in [0.15, 0.2) is 0 Å². The van der Waals surface area contributed by atoms with Gasteiger partial charge in [0.1, 0.15) is 18.1 Å². The van der Waals surface area contributed by atoms with Crippen LogP contribution >= 0.6 is 11.3 Å². The molecule has 2 aromatic rings. The van der Waals surface area contributed by atoms with Crippen LogP contribution in [0.25, 0.3) is 0 Å². The fourth-order valence-corrected chi connectivity index (χ4v) is 2.63. The predicted octanol–water partition coefficient (Wildman–Crippen LogP) is 0.798. The number of ether oxygens (including phenoxy) is 2. The lowest BCUT2D eigenvalue weighted by molar-refractivity contribution is -0.125. The quantitative estimate of drug-likeness (QED) is 0.520. The highest BCUT2D eigenvalue weighted by Crippen LogP contribution is 2.16. The van der Waals surface area contributed by atoms with Crippen LogP contribution in [0.1, 0.15) is 9.67 Å². The molecule has 144 valence electrons. The van der Waals surface area contributed by atoms with Gasteiger partial charge in [0.2, 0.25) is 11.8 Å². The molecular weight excluding hydrogens is 370 g/mol. The highest BCUT2D eigenvalue weighted by molar-refractivity contribution is 7.12. The zero-order valence-corrected chi connectivity index (χ0v) is 15.6. The number of hydrogen-bond acceptors (Lipinski definition) is 6. The number of carbonyl (C=O) groups excluding carboxylic acids is 3. The van der Waals surface area contributed by atoms with E-state index in [-0.39, 0.29) is 24.9 Å². The number of benzene rings is 1. The standard InChI is InChI=1S/C18H21N3O5S/c1-25-13-4-6-14(7-5-13)26-9-8-19-16(22)11-20-17(23)12-21-18(24)15-3-2-10-27-15/h2-7,10H,8-9,11-12H2,1H3,(H,19,22)(H,20,23)(H,21,24). The van der Waals surface area contributed by atoms with E-state index in [0.717, 1.165) is 5.75 Å². The molecule has 1 aromatic heterocycles. The number of amides is 3. The third-order valence-corrected chi connectivity index (χ3v) is 4.22. The molecule has 0 unspecified atom stereocenters. The molecule has 0 aliphatic rings. The third-order valence-electron chi connectivity index (χ3n) is 3.35. The first kappa shape index (κ1) is 20.2. The minimum Gasteiger partial charge on any atom is -0.497 e. The monoisotopic (exact) mass is 391 g/mol. The molecule has 3 N–H and O–H groups in total. The van der Waals surface area contributed by atoms with Gasteiger partial charge in [-0.05, 0) is 35.7 Å². The largest absolute Gasteiger partial charge is 0.497 e. The lowest BCUT2D eigenvalue weighted by Gasteiger charge is -2.09. The van der Waals surface area contributed by atoms with Crippen LogP contribution in [0.4, 0.5) is 0 Å². The Labute approximate surface area is 160 Å². The number of methoxy groups -OCH3 is 1. The average molecular weight is 391 g/mol. The normalized spacial score (nSPS) is 9.96. The molecule has 2 rings (SSSR count). The summed E-state index contributed by atoms with van der Waals surface area (Å²) >= 11 is 1.29. The lowest BCUT2D eigenvalue weighted by Crippen LogP contribution is -2.42. The van der Waals surface area contributed by atoms with E-state index in [0.29, 0.717) is 23.8 Å². The molecule has 0 aliphatic heterocycles. The van der Waals surface area contributed by atoms with Gasteiger partial charge >= 0.3 is 0 Å². The Morgan fingerprint density at radius 1 is 0.926 bits per heavy atom. The molecule has 0 aliphatic carbocycles. The number of thiophene rings is 1. The Morgan fingerprint density at radius 2 is 1.59 bits per heavy atom. The number of rotatable bonds is 10. The van der Waals surface area contributed by atoms with Crippen molar-refractivity contribution in [3.05, 3.63) is 46.7 Å². The Morgan fingerprint density at radius 3 is 2.26 bits per heavy atom. The Kier molecular flexibility index (Phi) is 8.11. The molecule has 0 bridgehead atoms. The van der Waals surface area contributed by atoms with Gasteiger partial charge in [-0.15, -0.1) is 11.3 Å². The highest BCUT2D eigenvalue weighted by atomic mass is 32.1. The molecule has 8 nitrogen and oxygen atoms in total. The summed E-state index contributed by atoms with van der Waals surface area (Å²) in [4.78, 5) is 35.6. The molecule has 1 aromatic carbocycles. The number of hydrogen-bond donors (Lipinski definition) is 3. The fraction of sp³-hybridized carbons (Fsp3) is 0.278. The van der Waals surface area contributed by atoms with E-state index in [1.807, 2.05) is 0 Å². The van der Waals surface area contributed by atoms with Crippen molar-refractivity contribution < 1.29 is 23.9 Å². The molecule has 0 saturated carbocycles. The second kappa shape index (κ2) is 10.8. The van der Waals surface area contributed by atoms with Crippen LogP contribution in [0, 0.1) is 0 Å². The van der Waals surface area contributed by atoms with Gasteiger partial charge in [0, 0.05) is 0 Å². The van der Waals surface area contributed by atoms with Crippen molar-refractivity contribution in [3.63, 3.8) is 0 Å². The van der Waals surface area contributed by atoms with E-state index in [1.165, 1.54) is 11.3 Å². The first-order valence-corrected chi connectivity index (χ1v) is 9.08. The molecule has 0 spiro atoms. The van der Waals surface area contributed by atoms with Gasteiger partial charge in [0.25, 0.3) is 5.91 Å². The van der Waals surface area contributed by atoms with E-state index in [4.69, 9.17) is 9.47 Å². The van der Waals surface area contributed by atoms with Crippen LogP contribution in [0.5, 0.6) is 11.5 Å². The summed E-state index contributed by atoms with van der Waals surface area (Å²) in [7, 11) is 1.59. The van der Waals surface area contributed by atoms with E-state index in [2.05, 4.69) is 16.0 Å². The van der Waals surface area contributed by atoms with Crippen LogP contribution in [-0.4, -0.2) is 51.1 Å². The average Bonchev–Trinajstić information content (AvgIpc) is 3.23. The molecule has 27 heavy (non-hydrogen) atoms.